The summed E-state index contributed by atoms with van der Waals surface area (Å²) in [6, 6.07) is 13.8. The van der Waals surface area contributed by atoms with E-state index in [4.69, 9.17) is 4.74 Å². The van der Waals surface area contributed by atoms with Crippen LogP contribution in [0.4, 0.5) is 11.4 Å². The van der Waals surface area contributed by atoms with Crippen molar-refractivity contribution in [2.45, 2.75) is 26.2 Å². The lowest BCUT2D eigenvalue weighted by Gasteiger charge is -2.11. The van der Waals surface area contributed by atoms with Crippen LogP contribution >= 0.6 is 0 Å². The van der Waals surface area contributed by atoms with Crippen molar-refractivity contribution in [1.29, 1.82) is 0 Å². The second-order valence-corrected chi connectivity index (χ2v) is 6.20. The second kappa shape index (κ2) is 10.4. The Balaban J connectivity index is 2.02. The molecule has 26 heavy (non-hydrogen) atoms. The molecule has 0 bridgehead atoms. The summed E-state index contributed by atoms with van der Waals surface area (Å²) in [4.78, 5) is 11.1. The summed E-state index contributed by atoms with van der Waals surface area (Å²) in [6.07, 6.45) is 6.56. The van der Waals surface area contributed by atoms with Gasteiger partial charge in [0.25, 0.3) is 5.69 Å². The van der Waals surface area contributed by atoms with E-state index in [0.717, 1.165) is 30.4 Å². The van der Waals surface area contributed by atoms with Crippen LogP contribution in [-0.4, -0.2) is 25.2 Å². The molecule has 0 spiro atoms. The molecule has 138 valence electrons. The fraction of sp³-hybridized carbons (Fsp3) is 0.333. The first-order valence-corrected chi connectivity index (χ1v) is 8.81. The average molecular weight is 354 g/mol. The molecule has 2 rings (SSSR count). The molecule has 5 nitrogen and oxygen atoms in total. The quantitative estimate of drug-likeness (QED) is 0.291. The Morgan fingerprint density at radius 3 is 2.65 bits per heavy atom. The maximum atomic E-state index is 11.4. The first kappa shape index (κ1) is 19.7. The number of allylic oxidation sites excluding steroid dienone is 1. The van der Waals surface area contributed by atoms with Crippen LogP contribution in [0.15, 0.2) is 54.6 Å². The lowest BCUT2D eigenvalue weighted by Crippen LogP contribution is -2.07. The topological polar surface area (TPSA) is 64.4 Å². The zero-order chi connectivity index (χ0) is 18.8. The number of methoxy groups -OCH3 is 1. The van der Waals surface area contributed by atoms with Crippen LogP contribution in [0.3, 0.4) is 0 Å². The summed E-state index contributed by atoms with van der Waals surface area (Å²) in [5.74, 6) is 0. The molecule has 0 saturated carbocycles. The minimum Gasteiger partial charge on any atom is -0.381 e. The summed E-state index contributed by atoms with van der Waals surface area (Å²) in [5, 5.41) is 14.6. The Labute approximate surface area is 154 Å². The van der Waals surface area contributed by atoms with Crippen molar-refractivity contribution >= 4 is 11.4 Å². The fourth-order valence-electron chi connectivity index (χ4n) is 2.78. The number of nitro groups is 1. The normalized spacial score (nSPS) is 11.0. The van der Waals surface area contributed by atoms with Gasteiger partial charge < -0.3 is 10.1 Å². The number of nitrogens with one attached hydrogen (secondary N) is 1. The SMILES string of the molecule is COC/C=C/Cc1cc(NCCCc2ccccc2)c([N+](=O)[O-])cc1C. The lowest BCUT2D eigenvalue weighted by atomic mass is 10.0. The Morgan fingerprint density at radius 1 is 1.19 bits per heavy atom. The number of benzene rings is 2. The van der Waals surface area contributed by atoms with Crippen LogP contribution in [-0.2, 0) is 17.6 Å². The highest BCUT2D eigenvalue weighted by molar-refractivity contribution is 5.64. The molecule has 0 aromatic heterocycles. The van der Waals surface area contributed by atoms with Gasteiger partial charge in [-0.05, 0) is 48.9 Å². The van der Waals surface area contributed by atoms with E-state index < -0.39 is 0 Å². The van der Waals surface area contributed by atoms with Gasteiger partial charge in [-0.25, -0.2) is 0 Å². The van der Waals surface area contributed by atoms with Crippen LogP contribution in [0.5, 0.6) is 0 Å². The van der Waals surface area contributed by atoms with Gasteiger partial charge in [-0.2, -0.15) is 0 Å². The summed E-state index contributed by atoms with van der Waals surface area (Å²) in [6.45, 7) is 3.17. The number of hydrogen-bond donors (Lipinski definition) is 1. The fourth-order valence-corrected chi connectivity index (χ4v) is 2.78. The molecule has 0 fully saturated rings. The smallest absolute Gasteiger partial charge is 0.292 e. The highest BCUT2D eigenvalue weighted by atomic mass is 16.6. The van der Waals surface area contributed by atoms with E-state index in [9.17, 15) is 10.1 Å². The number of nitrogens with zero attached hydrogens (tertiary/aromatic N) is 1. The van der Waals surface area contributed by atoms with Crippen molar-refractivity contribution < 1.29 is 9.66 Å². The molecule has 0 aliphatic carbocycles. The van der Waals surface area contributed by atoms with Gasteiger partial charge in [-0.3, -0.25) is 10.1 Å². The molecule has 0 heterocycles. The Hall–Kier alpha value is -2.66. The summed E-state index contributed by atoms with van der Waals surface area (Å²) >= 11 is 0. The van der Waals surface area contributed by atoms with Crippen LogP contribution in [0.2, 0.25) is 0 Å². The minimum atomic E-state index is -0.322. The molecule has 0 saturated heterocycles. The number of hydrogen-bond acceptors (Lipinski definition) is 4. The molecule has 0 aliphatic heterocycles. The average Bonchev–Trinajstić information content (AvgIpc) is 2.64. The number of anilines is 1. The zero-order valence-electron chi connectivity index (χ0n) is 15.4. The first-order chi connectivity index (χ1) is 12.6. The monoisotopic (exact) mass is 354 g/mol. The molecule has 1 N–H and O–H groups in total. The minimum absolute atomic E-state index is 0.131. The Bertz CT molecular complexity index is 742. The van der Waals surface area contributed by atoms with Gasteiger partial charge in [0.2, 0.25) is 0 Å². The number of rotatable bonds is 10. The maximum Gasteiger partial charge on any atom is 0.292 e. The molecule has 5 heteroatoms. The van der Waals surface area contributed by atoms with E-state index in [-0.39, 0.29) is 10.6 Å². The molecule has 0 radical (unpaired) electrons. The van der Waals surface area contributed by atoms with Gasteiger partial charge >= 0.3 is 0 Å². The number of aryl methyl sites for hydroxylation is 2. The maximum absolute atomic E-state index is 11.4. The molecule has 0 unspecified atom stereocenters. The van der Waals surface area contributed by atoms with Gasteiger partial charge in [0.05, 0.1) is 11.5 Å². The molecule has 0 atom stereocenters. The Kier molecular flexibility index (Phi) is 7.83. The van der Waals surface area contributed by atoms with Crippen LogP contribution in [0.1, 0.15) is 23.1 Å². The summed E-state index contributed by atoms with van der Waals surface area (Å²) in [7, 11) is 1.65. The van der Waals surface area contributed by atoms with Crippen molar-refractivity contribution in [2.75, 3.05) is 25.6 Å². The highest BCUT2D eigenvalue weighted by Gasteiger charge is 2.16. The van der Waals surface area contributed by atoms with Gasteiger partial charge in [0.1, 0.15) is 5.69 Å². The largest absolute Gasteiger partial charge is 0.381 e. The van der Waals surface area contributed by atoms with E-state index in [1.807, 2.05) is 43.3 Å². The number of ether oxygens (including phenoxy) is 1. The van der Waals surface area contributed by atoms with Crippen molar-refractivity contribution in [1.82, 2.24) is 0 Å². The lowest BCUT2D eigenvalue weighted by molar-refractivity contribution is -0.384. The van der Waals surface area contributed by atoms with E-state index in [1.54, 1.807) is 13.2 Å². The summed E-state index contributed by atoms with van der Waals surface area (Å²) in [5.41, 5.74) is 3.99. The second-order valence-electron chi connectivity index (χ2n) is 6.20. The van der Waals surface area contributed by atoms with Crippen LogP contribution < -0.4 is 5.32 Å². The number of nitro benzene ring substituents is 1. The third kappa shape index (κ3) is 6.01. The van der Waals surface area contributed by atoms with Gasteiger partial charge in [-0.1, -0.05) is 42.5 Å². The van der Waals surface area contributed by atoms with E-state index in [1.165, 1.54) is 5.56 Å². The first-order valence-electron chi connectivity index (χ1n) is 8.81. The van der Waals surface area contributed by atoms with Gasteiger partial charge in [0.15, 0.2) is 0 Å². The van der Waals surface area contributed by atoms with Crippen molar-refractivity contribution in [2.24, 2.45) is 0 Å². The predicted molar refractivity (Wildman–Crippen MR) is 106 cm³/mol. The van der Waals surface area contributed by atoms with E-state index in [0.29, 0.717) is 18.8 Å². The molecule has 0 aliphatic rings. The van der Waals surface area contributed by atoms with E-state index in [2.05, 4.69) is 17.4 Å². The molecular formula is C21H26N2O3. The molecule has 0 amide bonds. The van der Waals surface area contributed by atoms with Gasteiger partial charge in [-0.15, -0.1) is 0 Å². The standard InChI is InChI=1S/C21H26N2O3/c1-17-15-21(23(24)25)20(16-19(17)12-6-7-14-26-2)22-13-8-11-18-9-4-3-5-10-18/h3-7,9-10,15-16,22H,8,11-14H2,1-2H3/b7-6+. The van der Waals surface area contributed by atoms with Crippen molar-refractivity contribution in [3.05, 3.63) is 81.4 Å². The molecular weight excluding hydrogens is 328 g/mol. The highest BCUT2D eigenvalue weighted by Crippen LogP contribution is 2.28. The van der Waals surface area contributed by atoms with Crippen molar-refractivity contribution in [3.8, 4) is 0 Å². The molecule has 2 aromatic rings. The van der Waals surface area contributed by atoms with Crippen molar-refractivity contribution in [3.63, 3.8) is 0 Å². The predicted octanol–water partition coefficient (Wildman–Crippen LogP) is 4.69. The summed E-state index contributed by atoms with van der Waals surface area (Å²) < 4.78 is 5.00. The third-order valence-electron chi connectivity index (χ3n) is 4.22. The Morgan fingerprint density at radius 2 is 1.96 bits per heavy atom. The zero-order valence-corrected chi connectivity index (χ0v) is 15.4. The molecule has 2 aromatic carbocycles. The van der Waals surface area contributed by atoms with Crippen LogP contribution in [0.25, 0.3) is 0 Å². The van der Waals surface area contributed by atoms with Gasteiger partial charge in [0, 0.05) is 19.7 Å². The third-order valence-corrected chi connectivity index (χ3v) is 4.22. The van der Waals surface area contributed by atoms with Crippen LogP contribution in [0, 0.1) is 17.0 Å². The van der Waals surface area contributed by atoms with E-state index >= 15 is 0 Å².